The molecule has 0 saturated carbocycles. The molecule has 4 heteroatoms. The highest BCUT2D eigenvalue weighted by Gasteiger charge is 2.21. The van der Waals surface area contributed by atoms with Crippen LogP contribution in [0.3, 0.4) is 0 Å². The molecule has 0 aliphatic carbocycles. The molecule has 19 heavy (non-hydrogen) atoms. The van der Waals surface area contributed by atoms with Gasteiger partial charge in [-0.15, -0.1) is 0 Å². The summed E-state index contributed by atoms with van der Waals surface area (Å²) in [6.07, 6.45) is 3.61. The van der Waals surface area contributed by atoms with Crippen LogP contribution in [0.1, 0.15) is 48.4 Å². The highest BCUT2D eigenvalue weighted by Crippen LogP contribution is 2.26. The van der Waals surface area contributed by atoms with E-state index in [1.54, 1.807) is 0 Å². The molecule has 0 fully saturated rings. The summed E-state index contributed by atoms with van der Waals surface area (Å²) in [5.41, 5.74) is 1.72. The second-order valence-electron chi connectivity index (χ2n) is 5.37. The molecule has 0 aromatic heterocycles. The van der Waals surface area contributed by atoms with Gasteiger partial charge in [-0.05, 0) is 26.2 Å². The van der Waals surface area contributed by atoms with Crippen LogP contribution >= 0.6 is 12.2 Å². The largest absolute Gasteiger partial charge is 0.382 e. The average molecular weight is 284 g/mol. The number of rotatable bonds is 9. The summed E-state index contributed by atoms with van der Waals surface area (Å²) in [6.45, 7) is 11.2. The third-order valence-corrected chi connectivity index (χ3v) is 3.86. The molecule has 0 aliphatic heterocycles. The number of nitrogens with one attached hydrogen (secondary N) is 1. The van der Waals surface area contributed by atoms with E-state index in [2.05, 4.69) is 37.9 Å². The minimum atomic E-state index is 0. The Hall–Kier alpha value is -0.900. The van der Waals surface area contributed by atoms with Crippen molar-refractivity contribution in [3.63, 3.8) is 0 Å². The van der Waals surface area contributed by atoms with Crippen LogP contribution in [0.15, 0.2) is 4.79 Å². The molecule has 0 heterocycles. The van der Waals surface area contributed by atoms with E-state index in [0.29, 0.717) is 4.51 Å². The monoisotopic (exact) mass is 284 g/mol. The first kappa shape index (κ1) is 16.2. The number of hydrogen-bond acceptors (Lipinski definition) is 4. The van der Waals surface area contributed by atoms with Crippen molar-refractivity contribution in [3.8, 4) is 0 Å². The third kappa shape index (κ3) is 4.03. The van der Waals surface area contributed by atoms with Crippen LogP contribution in [0.2, 0.25) is 0 Å². The summed E-state index contributed by atoms with van der Waals surface area (Å²) in [5, 5.41) is 3.35. The molecule has 0 amide bonds. The lowest BCUT2D eigenvalue weighted by atomic mass is 10.1. The van der Waals surface area contributed by atoms with Gasteiger partial charge in [-0.1, -0.05) is 38.9 Å². The van der Waals surface area contributed by atoms with Gasteiger partial charge in [0.05, 0.1) is 5.69 Å². The molecule has 0 bridgehead atoms. The van der Waals surface area contributed by atoms with Crippen molar-refractivity contribution >= 4 is 23.6 Å². The van der Waals surface area contributed by atoms with E-state index >= 15 is 0 Å². The number of unbranched alkanes of at least 4 members (excludes halogenated alkanes) is 1. The Morgan fingerprint density at radius 3 is 2.42 bits per heavy atom. The van der Waals surface area contributed by atoms with E-state index in [1.807, 2.05) is 0 Å². The van der Waals surface area contributed by atoms with Crippen molar-refractivity contribution in [1.82, 2.24) is 0 Å². The number of anilines is 2. The van der Waals surface area contributed by atoms with E-state index < -0.39 is 0 Å². The minimum Gasteiger partial charge on any atom is -0.382 e. The van der Waals surface area contributed by atoms with Crippen molar-refractivity contribution in [2.75, 3.05) is 29.9 Å². The third-order valence-electron chi connectivity index (χ3n) is 3.47. The van der Waals surface area contributed by atoms with Gasteiger partial charge in [0.2, 0.25) is 5.43 Å². The van der Waals surface area contributed by atoms with Crippen LogP contribution < -0.4 is 15.6 Å². The van der Waals surface area contributed by atoms with E-state index in [-0.39, 0.29) is 6.86 Å². The molecule has 0 spiro atoms. The highest BCUT2D eigenvalue weighted by atomic mass is 32.1. The predicted octanol–water partition coefficient (Wildman–Crippen LogP) is 3.98. The Morgan fingerprint density at radius 1 is 1.26 bits per heavy atom. The predicted molar refractivity (Wildman–Crippen MR) is 88.8 cm³/mol. The average Bonchev–Trinajstić information content (AvgIpc) is 2.40. The summed E-state index contributed by atoms with van der Waals surface area (Å²) in [6, 6.07) is 0. The Balaban J connectivity index is 0.00000361. The zero-order valence-corrected chi connectivity index (χ0v) is 13.4. The molecule has 0 atom stereocenters. The standard InChI is InChI=1S/C15H26N2OS.H2/c1-5-17(6-2)13-12(15(19)14(13)18)16-10-8-7-9-11(3)4;/h11,16H,5-10H2,1-4H3;1H. The maximum Gasteiger partial charge on any atom is 0.224 e. The van der Waals surface area contributed by atoms with Gasteiger partial charge in [-0.25, -0.2) is 0 Å². The van der Waals surface area contributed by atoms with Gasteiger partial charge >= 0.3 is 0 Å². The maximum atomic E-state index is 11.8. The second kappa shape index (κ2) is 7.63. The summed E-state index contributed by atoms with van der Waals surface area (Å²) in [7, 11) is 0. The van der Waals surface area contributed by atoms with E-state index in [9.17, 15) is 4.79 Å². The Labute approximate surface area is 123 Å². The van der Waals surface area contributed by atoms with Crippen molar-refractivity contribution in [3.05, 3.63) is 14.7 Å². The SMILES string of the molecule is CCN(CC)c1c(NCCCCC(C)C)c(=S)c1=O.[HH]. The molecule has 1 rings (SSSR count). The van der Waals surface area contributed by atoms with Gasteiger partial charge in [0.1, 0.15) is 10.2 Å². The Kier molecular flexibility index (Phi) is 6.49. The fourth-order valence-electron chi connectivity index (χ4n) is 2.28. The quantitative estimate of drug-likeness (QED) is 0.549. The molecule has 1 aromatic rings. The van der Waals surface area contributed by atoms with Gasteiger partial charge in [-0.2, -0.15) is 0 Å². The number of nitrogens with zero attached hydrogens (tertiary/aromatic N) is 1. The molecular weight excluding hydrogens is 256 g/mol. The second-order valence-corrected chi connectivity index (χ2v) is 5.78. The Morgan fingerprint density at radius 2 is 1.89 bits per heavy atom. The molecule has 110 valence electrons. The van der Waals surface area contributed by atoms with Gasteiger partial charge in [0.25, 0.3) is 0 Å². The van der Waals surface area contributed by atoms with Crippen LogP contribution in [0.5, 0.6) is 0 Å². The van der Waals surface area contributed by atoms with Gasteiger partial charge in [0, 0.05) is 21.1 Å². The lowest BCUT2D eigenvalue weighted by molar-refractivity contribution is 0.544. The summed E-state index contributed by atoms with van der Waals surface area (Å²) in [5.74, 6) is 0.761. The summed E-state index contributed by atoms with van der Waals surface area (Å²) < 4.78 is 0.478. The summed E-state index contributed by atoms with van der Waals surface area (Å²) in [4.78, 5) is 13.9. The van der Waals surface area contributed by atoms with Crippen LogP contribution in [0.4, 0.5) is 11.4 Å². The van der Waals surface area contributed by atoms with Crippen LogP contribution in [-0.2, 0) is 0 Å². The molecule has 0 aliphatic rings. The van der Waals surface area contributed by atoms with Gasteiger partial charge in [-0.3, -0.25) is 4.79 Å². The first-order chi connectivity index (χ1) is 9.02. The first-order valence-electron chi connectivity index (χ1n) is 7.35. The van der Waals surface area contributed by atoms with Gasteiger partial charge in [0.15, 0.2) is 0 Å². The smallest absolute Gasteiger partial charge is 0.224 e. The summed E-state index contributed by atoms with van der Waals surface area (Å²) >= 11 is 5.14. The molecule has 1 N–H and O–H groups in total. The van der Waals surface area contributed by atoms with Crippen LogP contribution in [-0.4, -0.2) is 19.6 Å². The lowest BCUT2D eigenvalue weighted by Gasteiger charge is -2.26. The topological polar surface area (TPSA) is 32.3 Å². The molecular formula is C15H28N2OS. The van der Waals surface area contributed by atoms with Crippen molar-refractivity contribution < 1.29 is 1.43 Å². The van der Waals surface area contributed by atoms with Gasteiger partial charge < -0.3 is 10.2 Å². The van der Waals surface area contributed by atoms with E-state index in [0.717, 1.165) is 43.3 Å². The van der Waals surface area contributed by atoms with Crippen molar-refractivity contribution in [1.29, 1.82) is 0 Å². The minimum absolute atomic E-state index is 0. The van der Waals surface area contributed by atoms with Crippen LogP contribution in [0, 0.1) is 10.4 Å². The van der Waals surface area contributed by atoms with E-state index in [4.69, 9.17) is 12.2 Å². The molecule has 0 radical (unpaired) electrons. The molecule has 1 aromatic carbocycles. The lowest BCUT2D eigenvalue weighted by Crippen LogP contribution is -2.32. The normalized spacial score (nSPS) is 11.2. The zero-order chi connectivity index (χ0) is 14.4. The Bertz CT molecular complexity index is 462. The fourth-order valence-corrected chi connectivity index (χ4v) is 2.54. The first-order valence-corrected chi connectivity index (χ1v) is 7.75. The molecule has 3 nitrogen and oxygen atoms in total. The highest BCUT2D eigenvalue weighted by molar-refractivity contribution is 7.71. The van der Waals surface area contributed by atoms with Crippen molar-refractivity contribution in [2.24, 2.45) is 5.92 Å². The molecule has 0 saturated heterocycles. The van der Waals surface area contributed by atoms with Crippen LogP contribution in [0.25, 0.3) is 0 Å². The van der Waals surface area contributed by atoms with Crippen molar-refractivity contribution in [2.45, 2.75) is 47.0 Å². The zero-order valence-electron chi connectivity index (χ0n) is 12.6. The molecule has 0 unspecified atom stereocenters. The number of hydrogen-bond donors (Lipinski definition) is 1. The van der Waals surface area contributed by atoms with E-state index in [1.165, 1.54) is 12.8 Å². The maximum absolute atomic E-state index is 11.8. The fraction of sp³-hybridized carbons (Fsp3) is 0.733.